The Kier molecular flexibility index (Phi) is 5.31. The van der Waals surface area contributed by atoms with E-state index in [0.29, 0.717) is 10.6 Å². The van der Waals surface area contributed by atoms with Gasteiger partial charge in [0.15, 0.2) is 5.78 Å². The van der Waals surface area contributed by atoms with Gasteiger partial charge in [-0.2, -0.15) is 0 Å². The lowest BCUT2D eigenvalue weighted by Gasteiger charge is -2.06. The summed E-state index contributed by atoms with van der Waals surface area (Å²) in [6.07, 6.45) is 1.53. The van der Waals surface area contributed by atoms with Crippen molar-refractivity contribution in [2.75, 3.05) is 6.61 Å². The number of benzene rings is 1. The van der Waals surface area contributed by atoms with E-state index in [9.17, 15) is 9.59 Å². The fourth-order valence-corrected chi connectivity index (χ4v) is 2.11. The Morgan fingerprint density at radius 2 is 1.76 bits per heavy atom. The van der Waals surface area contributed by atoms with Crippen LogP contribution in [0.5, 0.6) is 0 Å². The van der Waals surface area contributed by atoms with Crippen LogP contribution in [0.25, 0.3) is 0 Å². The van der Waals surface area contributed by atoms with Gasteiger partial charge in [0.05, 0.1) is 22.8 Å². The maximum absolute atomic E-state index is 11.9. The van der Waals surface area contributed by atoms with E-state index in [-0.39, 0.29) is 29.5 Å². The number of aromatic nitrogens is 1. The largest absolute Gasteiger partial charge is 0.462 e. The van der Waals surface area contributed by atoms with E-state index in [1.165, 1.54) is 6.20 Å². The van der Waals surface area contributed by atoms with Crippen LogP contribution < -0.4 is 0 Å². The first-order valence-electron chi connectivity index (χ1n) is 6.15. The molecule has 0 aliphatic carbocycles. The molecule has 0 atom stereocenters. The molecule has 21 heavy (non-hydrogen) atoms. The van der Waals surface area contributed by atoms with E-state index in [1.54, 1.807) is 36.4 Å². The van der Waals surface area contributed by atoms with Crippen LogP contribution in [-0.4, -0.2) is 23.3 Å². The number of ketones is 1. The number of hydrogen-bond acceptors (Lipinski definition) is 4. The third kappa shape index (κ3) is 4.03. The summed E-state index contributed by atoms with van der Waals surface area (Å²) in [6.45, 7) is -0.0475. The second kappa shape index (κ2) is 7.20. The molecule has 2 aromatic rings. The molecular weight excluding hydrogens is 313 g/mol. The predicted octanol–water partition coefficient (Wildman–Crippen LogP) is 3.82. The van der Waals surface area contributed by atoms with Crippen molar-refractivity contribution in [1.82, 2.24) is 4.98 Å². The molecule has 1 aromatic heterocycles. The molecule has 0 saturated carbocycles. The summed E-state index contributed by atoms with van der Waals surface area (Å²) in [6, 6.07) is 9.75. The summed E-state index contributed by atoms with van der Waals surface area (Å²) in [5.74, 6) is -0.800. The summed E-state index contributed by atoms with van der Waals surface area (Å²) < 4.78 is 5.03. The first-order valence-corrected chi connectivity index (χ1v) is 6.90. The van der Waals surface area contributed by atoms with Gasteiger partial charge in [-0.1, -0.05) is 35.3 Å². The zero-order chi connectivity index (χ0) is 15.2. The molecule has 0 unspecified atom stereocenters. The molecule has 0 radical (unpaired) electrons. The number of pyridine rings is 1. The normalized spacial score (nSPS) is 10.2. The van der Waals surface area contributed by atoms with E-state index in [1.807, 2.05) is 0 Å². The maximum Gasteiger partial charge on any atom is 0.339 e. The number of rotatable bonds is 5. The first-order chi connectivity index (χ1) is 10.1. The van der Waals surface area contributed by atoms with E-state index < -0.39 is 5.97 Å². The van der Waals surface area contributed by atoms with Gasteiger partial charge in [0, 0.05) is 12.6 Å². The number of nitrogens with zero attached hydrogens (tertiary/aromatic N) is 1. The van der Waals surface area contributed by atoms with Gasteiger partial charge in [0.25, 0.3) is 0 Å². The Labute approximate surface area is 131 Å². The van der Waals surface area contributed by atoms with Crippen LogP contribution >= 0.6 is 23.2 Å². The van der Waals surface area contributed by atoms with Crippen molar-refractivity contribution in [1.29, 1.82) is 0 Å². The van der Waals surface area contributed by atoms with Crippen molar-refractivity contribution in [3.63, 3.8) is 0 Å². The van der Waals surface area contributed by atoms with Crippen molar-refractivity contribution in [2.24, 2.45) is 0 Å². The SMILES string of the molecule is O=C(OCCC(=O)c1cccnc1Cl)c1ccccc1Cl. The lowest BCUT2D eigenvalue weighted by molar-refractivity contribution is 0.0496. The fraction of sp³-hybridized carbons (Fsp3) is 0.133. The molecule has 0 fully saturated rings. The van der Waals surface area contributed by atoms with Crippen LogP contribution in [0, 0.1) is 0 Å². The Bertz CT molecular complexity index is 616. The highest BCUT2D eigenvalue weighted by molar-refractivity contribution is 6.33. The van der Waals surface area contributed by atoms with E-state index in [4.69, 9.17) is 27.9 Å². The van der Waals surface area contributed by atoms with Crippen molar-refractivity contribution in [3.8, 4) is 0 Å². The van der Waals surface area contributed by atoms with E-state index in [0.717, 1.165) is 0 Å². The molecule has 4 nitrogen and oxygen atoms in total. The number of esters is 1. The maximum atomic E-state index is 11.9. The summed E-state index contributed by atoms with van der Waals surface area (Å²) in [4.78, 5) is 27.5. The molecule has 2 rings (SSSR count). The molecule has 1 heterocycles. The number of carbonyl (C=O) groups excluding carboxylic acids is 2. The average Bonchev–Trinajstić information content (AvgIpc) is 2.48. The van der Waals surface area contributed by atoms with Crippen LogP contribution in [0.15, 0.2) is 42.6 Å². The van der Waals surface area contributed by atoms with Crippen molar-refractivity contribution in [3.05, 3.63) is 63.9 Å². The molecule has 0 amide bonds. The zero-order valence-corrected chi connectivity index (χ0v) is 12.4. The summed E-state index contributed by atoms with van der Waals surface area (Å²) in [5.41, 5.74) is 0.582. The second-order valence-corrected chi connectivity index (χ2v) is 4.90. The van der Waals surface area contributed by atoms with Gasteiger partial charge in [0.1, 0.15) is 5.15 Å². The highest BCUT2D eigenvalue weighted by Gasteiger charge is 2.14. The molecule has 0 bridgehead atoms. The smallest absolute Gasteiger partial charge is 0.339 e. The molecular formula is C15H11Cl2NO3. The molecule has 108 valence electrons. The van der Waals surface area contributed by atoms with E-state index >= 15 is 0 Å². The van der Waals surface area contributed by atoms with Crippen LogP contribution in [0.3, 0.4) is 0 Å². The van der Waals surface area contributed by atoms with Gasteiger partial charge in [-0.05, 0) is 24.3 Å². The number of carbonyl (C=O) groups is 2. The highest BCUT2D eigenvalue weighted by atomic mass is 35.5. The van der Waals surface area contributed by atoms with Gasteiger partial charge < -0.3 is 4.74 Å². The highest BCUT2D eigenvalue weighted by Crippen LogP contribution is 2.17. The lowest BCUT2D eigenvalue weighted by atomic mass is 10.1. The Balaban J connectivity index is 1.90. The fourth-order valence-electron chi connectivity index (χ4n) is 1.67. The Morgan fingerprint density at radius 3 is 2.48 bits per heavy atom. The Morgan fingerprint density at radius 1 is 1.05 bits per heavy atom. The lowest BCUT2D eigenvalue weighted by Crippen LogP contribution is -2.11. The minimum absolute atomic E-state index is 0.0294. The van der Waals surface area contributed by atoms with Crippen LogP contribution in [0.2, 0.25) is 10.2 Å². The van der Waals surface area contributed by atoms with Crippen LogP contribution in [-0.2, 0) is 4.74 Å². The third-order valence-corrected chi connectivity index (χ3v) is 3.35. The van der Waals surface area contributed by atoms with Gasteiger partial charge in [-0.3, -0.25) is 4.79 Å². The molecule has 0 aliphatic heterocycles. The van der Waals surface area contributed by atoms with Crippen molar-refractivity contribution >= 4 is 35.0 Å². The number of halogens is 2. The molecule has 0 spiro atoms. The van der Waals surface area contributed by atoms with Crippen LogP contribution in [0.4, 0.5) is 0 Å². The minimum Gasteiger partial charge on any atom is -0.462 e. The van der Waals surface area contributed by atoms with Gasteiger partial charge in [0.2, 0.25) is 0 Å². The molecule has 0 saturated heterocycles. The predicted molar refractivity (Wildman–Crippen MR) is 79.9 cm³/mol. The van der Waals surface area contributed by atoms with Crippen molar-refractivity contribution in [2.45, 2.75) is 6.42 Å². The molecule has 0 aliphatic rings. The third-order valence-electron chi connectivity index (χ3n) is 2.72. The number of Topliss-reactive ketones (excluding diaryl/α,β-unsaturated/α-hetero) is 1. The average molecular weight is 324 g/mol. The monoisotopic (exact) mass is 323 g/mol. The topological polar surface area (TPSA) is 56.3 Å². The van der Waals surface area contributed by atoms with E-state index in [2.05, 4.69) is 4.98 Å². The zero-order valence-electron chi connectivity index (χ0n) is 10.9. The molecule has 1 aromatic carbocycles. The summed E-state index contributed by atoms with van der Waals surface area (Å²) in [5, 5.41) is 0.448. The first kappa shape index (κ1) is 15.5. The number of ether oxygens (including phenoxy) is 1. The Hall–Kier alpha value is -1.91. The minimum atomic E-state index is -0.564. The molecule has 6 heteroatoms. The molecule has 0 N–H and O–H groups in total. The van der Waals surface area contributed by atoms with Gasteiger partial charge in [-0.15, -0.1) is 0 Å². The number of hydrogen-bond donors (Lipinski definition) is 0. The summed E-state index contributed by atoms with van der Waals surface area (Å²) in [7, 11) is 0. The second-order valence-electron chi connectivity index (χ2n) is 4.13. The summed E-state index contributed by atoms with van der Waals surface area (Å²) >= 11 is 11.7. The van der Waals surface area contributed by atoms with Gasteiger partial charge in [-0.25, -0.2) is 9.78 Å². The quantitative estimate of drug-likeness (QED) is 0.477. The van der Waals surface area contributed by atoms with Crippen LogP contribution in [0.1, 0.15) is 27.1 Å². The van der Waals surface area contributed by atoms with Gasteiger partial charge >= 0.3 is 5.97 Å². The standard InChI is InChI=1S/C15H11Cl2NO3/c16-12-6-2-1-4-10(12)15(20)21-9-7-13(19)11-5-3-8-18-14(11)17/h1-6,8H,7,9H2. The van der Waals surface area contributed by atoms with Crippen molar-refractivity contribution < 1.29 is 14.3 Å².